The first-order valence-corrected chi connectivity index (χ1v) is 9.39. The highest BCUT2D eigenvalue weighted by molar-refractivity contribution is 7.98. The van der Waals surface area contributed by atoms with Crippen LogP contribution < -0.4 is 5.32 Å². The molecule has 0 aliphatic carbocycles. The number of imidazole rings is 1. The SMILES string of the molecule is CCCC(NC(=O)N(C)Cc1cccc(SC)c1)c1nccn1C. The highest BCUT2D eigenvalue weighted by Crippen LogP contribution is 2.18. The van der Waals surface area contributed by atoms with Gasteiger partial charge in [-0.05, 0) is 30.4 Å². The lowest BCUT2D eigenvalue weighted by Crippen LogP contribution is -2.39. The number of nitrogens with one attached hydrogen (secondary N) is 1. The molecule has 0 aliphatic heterocycles. The van der Waals surface area contributed by atoms with E-state index in [9.17, 15) is 4.79 Å². The fraction of sp³-hybridized carbons (Fsp3) is 0.444. The highest BCUT2D eigenvalue weighted by Gasteiger charge is 2.19. The molecular formula is C18H26N4OS. The van der Waals surface area contributed by atoms with Crippen LogP contribution in [0.1, 0.15) is 37.2 Å². The van der Waals surface area contributed by atoms with Crippen LogP contribution in [0.4, 0.5) is 4.79 Å². The third kappa shape index (κ3) is 4.77. The summed E-state index contributed by atoms with van der Waals surface area (Å²) in [6, 6.07) is 8.13. The van der Waals surface area contributed by atoms with E-state index < -0.39 is 0 Å². The molecular weight excluding hydrogens is 320 g/mol. The molecule has 1 atom stereocenters. The van der Waals surface area contributed by atoms with Crippen molar-refractivity contribution in [2.75, 3.05) is 13.3 Å². The molecule has 6 heteroatoms. The Morgan fingerprint density at radius 1 is 1.46 bits per heavy atom. The van der Waals surface area contributed by atoms with Crippen molar-refractivity contribution in [3.8, 4) is 0 Å². The Hall–Kier alpha value is -1.95. The Morgan fingerprint density at radius 2 is 2.25 bits per heavy atom. The largest absolute Gasteiger partial charge is 0.336 e. The van der Waals surface area contributed by atoms with Gasteiger partial charge in [0.05, 0.1) is 6.04 Å². The number of benzene rings is 1. The zero-order valence-corrected chi connectivity index (χ0v) is 15.6. The van der Waals surface area contributed by atoms with E-state index in [4.69, 9.17) is 0 Å². The van der Waals surface area contributed by atoms with Gasteiger partial charge in [-0.15, -0.1) is 11.8 Å². The molecule has 0 fully saturated rings. The van der Waals surface area contributed by atoms with Crippen LogP contribution in [0.25, 0.3) is 0 Å². The second kappa shape index (κ2) is 8.78. The van der Waals surface area contributed by atoms with E-state index in [1.54, 1.807) is 22.9 Å². The van der Waals surface area contributed by atoms with E-state index in [0.29, 0.717) is 6.54 Å². The predicted octanol–water partition coefficient (Wildman–Crippen LogP) is 3.82. The number of carbonyl (C=O) groups is 1. The van der Waals surface area contributed by atoms with Gasteiger partial charge in [0.25, 0.3) is 0 Å². The maximum Gasteiger partial charge on any atom is 0.318 e. The monoisotopic (exact) mass is 346 g/mol. The summed E-state index contributed by atoms with van der Waals surface area (Å²) >= 11 is 1.71. The Bertz CT molecular complexity index is 671. The number of hydrogen-bond donors (Lipinski definition) is 1. The fourth-order valence-electron chi connectivity index (χ4n) is 2.64. The third-order valence-corrected chi connectivity index (χ3v) is 4.67. The Morgan fingerprint density at radius 3 is 2.88 bits per heavy atom. The third-order valence-electron chi connectivity index (χ3n) is 3.95. The minimum absolute atomic E-state index is 0.0671. The quantitative estimate of drug-likeness (QED) is 0.775. The molecule has 0 radical (unpaired) electrons. The first kappa shape index (κ1) is 18.4. The molecule has 0 saturated heterocycles. The van der Waals surface area contributed by atoms with Gasteiger partial charge in [0, 0.05) is 37.9 Å². The Balaban J connectivity index is 2.02. The number of aryl methyl sites for hydroxylation is 1. The molecule has 1 N–H and O–H groups in total. The van der Waals surface area contributed by atoms with Crippen molar-refractivity contribution in [3.63, 3.8) is 0 Å². The minimum atomic E-state index is -0.0778. The molecule has 0 aliphatic rings. The summed E-state index contributed by atoms with van der Waals surface area (Å²) in [4.78, 5) is 19.9. The second-order valence-electron chi connectivity index (χ2n) is 5.89. The molecule has 1 aromatic carbocycles. The lowest BCUT2D eigenvalue weighted by molar-refractivity contribution is 0.201. The lowest BCUT2D eigenvalue weighted by atomic mass is 10.1. The molecule has 24 heavy (non-hydrogen) atoms. The number of amides is 2. The van der Waals surface area contributed by atoms with Gasteiger partial charge in [0.1, 0.15) is 5.82 Å². The van der Waals surface area contributed by atoms with Crippen molar-refractivity contribution in [2.24, 2.45) is 7.05 Å². The molecule has 0 spiro atoms. The molecule has 5 nitrogen and oxygen atoms in total. The summed E-state index contributed by atoms with van der Waals surface area (Å²) in [5.74, 6) is 0.892. The number of thioether (sulfide) groups is 1. The molecule has 2 rings (SSSR count). The van der Waals surface area contributed by atoms with Gasteiger partial charge < -0.3 is 14.8 Å². The Kier molecular flexibility index (Phi) is 6.73. The fourth-order valence-corrected chi connectivity index (χ4v) is 3.13. The summed E-state index contributed by atoms with van der Waals surface area (Å²) in [5.41, 5.74) is 1.13. The van der Waals surface area contributed by atoms with Crippen LogP contribution in [0, 0.1) is 0 Å². The first-order valence-electron chi connectivity index (χ1n) is 8.17. The van der Waals surface area contributed by atoms with Crippen molar-refractivity contribution in [2.45, 2.75) is 37.2 Å². The zero-order valence-electron chi connectivity index (χ0n) is 14.8. The van der Waals surface area contributed by atoms with Gasteiger partial charge in [0.15, 0.2) is 0 Å². The van der Waals surface area contributed by atoms with Gasteiger partial charge in [-0.2, -0.15) is 0 Å². The van der Waals surface area contributed by atoms with E-state index in [-0.39, 0.29) is 12.1 Å². The van der Waals surface area contributed by atoms with E-state index in [2.05, 4.69) is 35.6 Å². The van der Waals surface area contributed by atoms with Crippen LogP contribution in [0.3, 0.4) is 0 Å². The van der Waals surface area contributed by atoms with Crippen LogP contribution in [-0.2, 0) is 13.6 Å². The van der Waals surface area contributed by atoms with Gasteiger partial charge >= 0.3 is 6.03 Å². The van der Waals surface area contributed by atoms with Crippen molar-refractivity contribution >= 4 is 17.8 Å². The van der Waals surface area contributed by atoms with Crippen molar-refractivity contribution < 1.29 is 4.79 Å². The summed E-state index contributed by atoms with van der Waals surface area (Å²) in [6.45, 7) is 2.69. The maximum absolute atomic E-state index is 12.6. The number of urea groups is 1. The number of nitrogens with zero attached hydrogens (tertiary/aromatic N) is 3. The van der Waals surface area contributed by atoms with Gasteiger partial charge in [0.2, 0.25) is 0 Å². The maximum atomic E-state index is 12.6. The molecule has 130 valence electrons. The smallest absolute Gasteiger partial charge is 0.318 e. The van der Waals surface area contributed by atoms with E-state index in [1.165, 1.54) is 4.90 Å². The predicted molar refractivity (Wildman–Crippen MR) is 99.1 cm³/mol. The van der Waals surface area contributed by atoms with Gasteiger partial charge in [-0.25, -0.2) is 9.78 Å². The summed E-state index contributed by atoms with van der Waals surface area (Å²) < 4.78 is 1.96. The van der Waals surface area contributed by atoms with E-state index in [0.717, 1.165) is 24.2 Å². The molecule has 0 bridgehead atoms. The molecule has 1 heterocycles. The van der Waals surface area contributed by atoms with Crippen molar-refractivity contribution in [3.05, 3.63) is 48.0 Å². The summed E-state index contributed by atoms with van der Waals surface area (Å²) in [7, 11) is 3.78. The van der Waals surface area contributed by atoms with Crippen LogP contribution in [0.2, 0.25) is 0 Å². The highest BCUT2D eigenvalue weighted by atomic mass is 32.2. The molecule has 2 aromatic rings. The standard InChI is InChI=1S/C18H26N4OS/c1-5-7-16(17-19-10-11-21(17)2)20-18(23)22(3)13-14-8-6-9-15(12-14)24-4/h6,8-12,16H,5,7,13H2,1-4H3,(H,20,23). The lowest BCUT2D eigenvalue weighted by Gasteiger charge is -2.23. The minimum Gasteiger partial charge on any atom is -0.336 e. The summed E-state index contributed by atoms with van der Waals surface area (Å²) in [6.07, 6.45) is 7.57. The Labute approximate surface area is 148 Å². The van der Waals surface area contributed by atoms with Crippen LogP contribution in [0.15, 0.2) is 41.6 Å². The van der Waals surface area contributed by atoms with Gasteiger partial charge in [-0.3, -0.25) is 0 Å². The average Bonchev–Trinajstić information content (AvgIpc) is 3.00. The van der Waals surface area contributed by atoms with Crippen molar-refractivity contribution in [1.82, 2.24) is 19.8 Å². The van der Waals surface area contributed by atoms with E-state index >= 15 is 0 Å². The van der Waals surface area contributed by atoms with Crippen LogP contribution in [-0.4, -0.2) is 33.8 Å². The van der Waals surface area contributed by atoms with Crippen LogP contribution in [0.5, 0.6) is 0 Å². The second-order valence-corrected chi connectivity index (χ2v) is 6.77. The number of hydrogen-bond acceptors (Lipinski definition) is 3. The number of carbonyl (C=O) groups excluding carboxylic acids is 1. The normalized spacial score (nSPS) is 12.0. The molecule has 0 saturated carbocycles. The van der Waals surface area contributed by atoms with Gasteiger partial charge in [-0.1, -0.05) is 25.5 Å². The number of aromatic nitrogens is 2. The molecule has 2 amide bonds. The molecule has 1 unspecified atom stereocenters. The van der Waals surface area contributed by atoms with Crippen LogP contribution >= 0.6 is 11.8 Å². The summed E-state index contributed by atoms with van der Waals surface area (Å²) in [5, 5.41) is 3.11. The van der Waals surface area contributed by atoms with Crippen molar-refractivity contribution in [1.29, 1.82) is 0 Å². The van der Waals surface area contributed by atoms with E-state index in [1.807, 2.05) is 37.0 Å². The average molecular weight is 347 g/mol. The molecule has 1 aromatic heterocycles. The topological polar surface area (TPSA) is 50.2 Å². The number of rotatable bonds is 7. The first-order chi connectivity index (χ1) is 11.5. The zero-order chi connectivity index (χ0) is 17.5.